The van der Waals surface area contributed by atoms with Gasteiger partial charge in [0.2, 0.25) is 0 Å². The predicted octanol–water partition coefficient (Wildman–Crippen LogP) is 0.869. The lowest BCUT2D eigenvalue weighted by Crippen LogP contribution is -1.97. The van der Waals surface area contributed by atoms with Gasteiger partial charge < -0.3 is 10.3 Å². The molecule has 0 aromatic carbocycles. The summed E-state index contributed by atoms with van der Waals surface area (Å²) < 4.78 is 2.15. The fraction of sp³-hybridized carbons (Fsp3) is 0.300. The third-order valence-electron chi connectivity index (χ3n) is 2.65. The van der Waals surface area contributed by atoms with E-state index in [1.165, 1.54) is 0 Å². The zero-order chi connectivity index (χ0) is 10.3. The standard InChI is InChI=1S/C10H11N5/c11-8-6-7(3-4-12-8)10-14-13-9-2-1-5-15(9)10/h3-4,6H,1-2,5H2,(H2,11,12). The minimum Gasteiger partial charge on any atom is -0.384 e. The van der Waals surface area contributed by atoms with E-state index >= 15 is 0 Å². The molecule has 0 aliphatic carbocycles. The highest BCUT2D eigenvalue weighted by atomic mass is 15.3. The summed E-state index contributed by atoms with van der Waals surface area (Å²) in [6, 6.07) is 3.74. The van der Waals surface area contributed by atoms with Crippen LogP contribution in [0.4, 0.5) is 5.82 Å². The van der Waals surface area contributed by atoms with Crippen molar-refractivity contribution in [1.82, 2.24) is 19.7 Å². The maximum Gasteiger partial charge on any atom is 0.164 e. The van der Waals surface area contributed by atoms with Crippen LogP contribution in [0.1, 0.15) is 12.2 Å². The average molecular weight is 201 g/mol. The van der Waals surface area contributed by atoms with Crippen molar-refractivity contribution in [3.05, 3.63) is 24.2 Å². The van der Waals surface area contributed by atoms with Crippen LogP contribution in [-0.4, -0.2) is 19.7 Å². The molecular weight excluding hydrogens is 190 g/mol. The molecule has 5 heteroatoms. The summed E-state index contributed by atoms with van der Waals surface area (Å²) in [5, 5.41) is 8.33. The Bertz CT molecular complexity index is 502. The van der Waals surface area contributed by atoms with Crippen LogP contribution in [0.25, 0.3) is 11.4 Å². The van der Waals surface area contributed by atoms with E-state index in [-0.39, 0.29) is 0 Å². The Kier molecular flexibility index (Phi) is 1.71. The largest absolute Gasteiger partial charge is 0.384 e. The van der Waals surface area contributed by atoms with Crippen LogP contribution >= 0.6 is 0 Å². The molecule has 0 unspecified atom stereocenters. The van der Waals surface area contributed by atoms with Crippen molar-refractivity contribution in [3.63, 3.8) is 0 Å². The molecule has 0 atom stereocenters. The minimum absolute atomic E-state index is 0.517. The van der Waals surface area contributed by atoms with Gasteiger partial charge in [-0.15, -0.1) is 10.2 Å². The summed E-state index contributed by atoms with van der Waals surface area (Å²) in [6.07, 6.45) is 3.87. The van der Waals surface area contributed by atoms with E-state index in [4.69, 9.17) is 5.73 Å². The van der Waals surface area contributed by atoms with Crippen molar-refractivity contribution in [2.24, 2.45) is 0 Å². The third-order valence-corrected chi connectivity index (χ3v) is 2.65. The fourth-order valence-corrected chi connectivity index (χ4v) is 1.95. The van der Waals surface area contributed by atoms with Crippen LogP contribution < -0.4 is 5.73 Å². The van der Waals surface area contributed by atoms with Crippen molar-refractivity contribution >= 4 is 5.82 Å². The highest BCUT2D eigenvalue weighted by Crippen LogP contribution is 2.23. The van der Waals surface area contributed by atoms with Crippen LogP contribution in [0.5, 0.6) is 0 Å². The van der Waals surface area contributed by atoms with Gasteiger partial charge in [-0.25, -0.2) is 4.98 Å². The topological polar surface area (TPSA) is 69.6 Å². The van der Waals surface area contributed by atoms with E-state index in [0.29, 0.717) is 5.82 Å². The number of nitrogens with two attached hydrogens (primary N) is 1. The van der Waals surface area contributed by atoms with Crippen molar-refractivity contribution < 1.29 is 0 Å². The van der Waals surface area contributed by atoms with E-state index < -0.39 is 0 Å². The first-order valence-corrected chi connectivity index (χ1v) is 4.98. The highest BCUT2D eigenvalue weighted by molar-refractivity contribution is 5.58. The number of rotatable bonds is 1. The van der Waals surface area contributed by atoms with Crippen LogP contribution in [0.15, 0.2) is 18.3 Å². The van der Waals surface area contributed by atoms with Gasteiger partial charge in [0.05, 0.1) is 0 Å². The molecular formula is C10H11N5. The molecule has 0 bridgehead atoms. The molecule has 0 saturated carbocycles. The molecule has 1 aliphatic heterocycles. The molecule has 0 fully saturated rings. The summed E-state index contributed by atoms with van der Waals surface area (Å²) in [7, 11) is 0. The molecule has 2 aromatic heterocycles. The first kappa shape index (κ1) is 8.40. The molecule has 0 spiro atoms. The first-order chi connectivity index (χ1) is 7.34. The van der Waals surface area contributed by atoms with Crippen molar-refractivity contribution in [2.75, 3.05) is 5.73 Å². The van der Waals surface area contributed by atoms with Gasteiger partial charge in [-0.2, -0.15) is 0 Å². The summed E-state index contributed by atoms with van der Waals surface area (Å²) in [5.41, 5.74) is 6.63. The van der Waals surface area contributed by atoms with Crippen LogP contribution in [0.2, 0.25) is 0 Å². The van der Waals surface area contributed by atoms with Gasteiger partial charge in [0.25, 0.3) is 0 Å². The molecule has 3 heterocycles. The van der Waals surface area contributed by atoms with E-state index in [0.717, 1.165) is 36.6 Å². The number of pyridine rings is 1. The molecule has 2 aromatic rings. The van der Waals surface area contributed by atoms with Gasteiger partial charge >= 0.3 is 0 Å². The molecule has 0 saturated heterocycles. The molecule has 0 radical (unpaired) electrons. The molecule has 76 valence electrons. The monoisotopic (exact) mass is 201 g/mol. The first-order valence-electron chi connectivity index (χ1n) is 4.98. The van der Waals surface area contributed by atoms with E-state index in [9.17, 15) is 0 Å². The van der Waals surface area contributed by atoms with Gasteiger partial charge in [0, 0.05) is 24.7 Å². The van der Waals surface area contributed by atoms with Gasteiger partial charge in [-0.05, 0) is 18.6 Å². The van der Waals surface area contributed by atoms with Gasteiger partial charge in [0.15, 0.2) is 5.82 Å². The van der Waals surface area contributed by atoms with Crippen LogP contribution in [0.3, 0.4) is 0 Å². The summed E-state index contributed by atoms with van der Waals surface area (Å²) in [5.74, 6) is 2.49. The third kappa shape index (κ3) is 1.27. The highest BCUT2D eigenvalue weighted by Gasteiger charge is 2.18. The van der Waals surface area contributed by atoms with Crippen molar-refractivity contribution in [1.29, 1.82) is 0 Å². The Hall–Kier alpha value is -1.91. The fourth-order valence-electron chi connectivity index (χ4n) is 1.95. The summed E-state index contributed by atoms with van der Waals surface area (Å²) >= 11 is 0. The Morgan fingerprint density at radius 1 is 1.33 bits per heavy atom. The van der Waals surface area contributed by atoms with Crippen molar-refractivity contribution in [3.8, 4) is 11.4 Å². The van der Waals surface area contributed by atoms with Gasteiger partial charge in [-0.3, -0.25) is 0 Å². The number of fused-ring (bicyclic) bond motifs is 1. The lowest BCUT2D eigenvalue weighted by atomic mass is 10.2. The van der Waals surface area contributed by atoms with Gasteiger partial charge in [-0.1, -0.05) is 0 Å². The van der Waals surface area contributed by atoms with E-state index in [2.05, 4.69) is 19.7 Å². The number of nitrogens with zero attached hydrogens (tertiary/aromatic N) is 4. The number of aryl methyl sites for hydroxylation is 1. The number of nitrogen functional groups attached to an aromatic ring is 1. The summed E-state index contributed by atoms with van der Waals surface area (Å²) in [4.78, 5) is 3.96. The van der Waals surface area contributed by atoms with Gasteiger partial charge in [0.1, 0.15) is 11.6 Å². The normalized spacial score (nSPS) is 14.1. The Morgan fingerprint density at radius 2 is 2.27 bits per heavy atom. The Labute approximate surface area is 87.0 Å². The maximum absolute atomic E-state index is 5.64. The number of anilines is 1. The molecule has 2 N–H and O–H groups in total. The second-order valence-corrected chi connectivity index (χ2v) is 3.66. The molecule has 15 heavy (non-hydrogen) atoms. The quantitative estimate of drug-likeness (QED) is 0.743. The predicted molar refractivity (Wildman–Crippen MR) is 56.0 cm³/mol. The minimum atomic E-state index is 0.517. The Balaban J connectivity index is 2.13. The Morgan fingerprint density at radius 3 is 3.13 bits per heavy atom. The number of hydrogen-bond acceptors (Lipinski definition) is 4. The second-order valence-electron chi connectivity index (χ2n) is 3.66. The van der Waals surface area contributed by atoms with E-state index in [1.54, 1.807) is 6.20 Å². The SMILES string of the molecule is Nc1cc(-c2nnc3n2CCC3)ccn1. The molecule has 3 rings (SSSR count). The van der Waals surface area contributed by atoms with Crippen molar-refractivity contribution in [2.45, 2.75) is 19.4 Å². The lowest BCUT2D eigenvalue weighted by molar-refractivity contribution is 0.748. The number of aromatic nitrogens is 4. The average Bonchev–Trinajstić information content (AvgIpc) is 2.77. The summed E-state index contributed by atoms with van der Waals surface area (Å²) in [6.45, 7) is 1.000. The zero-order valence-electron chi connectivity index (χ0n) is 8.22. The molecule has 5 nitrogen and oxygen atoms in total. The molecule has 0 amide bonds. The molecule has 1 aliphatic rings. The van der Waals surface area contributed by atoms with E-state index in [1.807, 2.05) is 12.1 Å². The van der Waals surface area contributed by atoms with Crippen LogP contribution in [0, 0.1) is 0 Å². The maximum atomic E-state index is 5.64. The number of hydrogen-bond donors (Lipinski definition) is 1. The lowest BCUT2D eigenvalue weighted by Gasteiger charge is -2.02. The van der Waals surface area contributed by atoms with Crippen LogP contribution in [-0.2, 0) is 13.0 Å². The zero-order valence-corrected chi connectivity index (χ0v) is 8.22. The smallest absolute Gasteiger partial charge is 0.164 e. The second kappa shape index (κ2) is 3.05.